The minimum Gasteiger partial charge on any atom is -0.470 e. The second kappa shape index (κ2) is 11.3. The molecule has 0 saturated carbocycles. The zero-order valence-corrected chi connectivity index (χ0v) is 10.3. The van der Waals surface area contributed by atoms with Crippen LogP contribution in [0, 0.1) is 0 Å². The molecule has 69 valence electrons. The average molecular weight is 200 g/mol. The maximum atomic E-state index is 4.30. The summed E-state index contributed by atoms with van der Waals surface area (Å²) in [7, 11) is 0. The summed E-state index contributed by atoms with van der Waals surface area (Å²) in [6, 6.07) is 0. The Hall–Kier alpha value is 0.340. The van der Waals surface area contributed by atoms with Gasteiger partial charge in [0.25, 0.3) is 0 Å². The first-order valence-corrected chi connectivity index (χ1v) is 4.55. The van der Waals surface area contributed by atoms with E-state index in [0.717, 1.165) is 25.3 Å². The van der Waals surface area contributed by atoms with Crippen LogP contribution >= 0.6 is 0 Å². The molecule has 0 aromatic carbocycles. The van der Waals surface area contributed by atoms with E-state index in [-0.39, 0.29) is 25.8 Å². The Bertz CT molecular complexity index is 113. The SMILES string of the molecule is CCCCC(=NCC)[N-]CC.[Sc]. The monoisotopic (exact) mass is 200 g/mol. The number of hydrogen-bond acceptors (Lipinski definition) is 1. The Morgan fingerprint density at radius 2 is 1.92 bits per heavy atom. The predicted octanol–water partition coefficient (Wildman–Crippen LogP) is 2.99. The van der Waals surface area contributed by atoms with Crippen molar-refractivity contribution in [3.8, 4) is 0 Å². The van der Waals surface area contributed by atoms with Gasteiger partial charge in [0, 0.05) is 25.8 Å². The molecule has 2 nitrogen and oxygen atoms in total. The minimum atomic E-state index is 0. The van der Waals surface area contributed by atoms with Crippen LogP contribution in [0.1, 0.15) is 40.0 Å². The van der Waals surface area contributed by atoms with Gasteiger partial charge in [-0.1, -0.05) is 52.5 Å². The molecule has 12 heavy (non-hydrogen) atoms. The number of amidine groups is 1. The molecule has 0 unspecified atom stereocenters. The molecule has 0 rings (SSSR count). The Morgan fingerprint density at radius 3 is 2.33 bits per heavy atom. The van der Waals surface area contributed by atoms with E-state index >= 15 is 0 Å². The number of rotatable bonds is 5. The summed E-state index contributed by atoms with van der Waals surface area (Å²) in [6.45, 7) is 8.02. The van der Waals surface area contributed by atoms with Gasteiger partial charge in [-0.2, -0.15) is 0 Å². The van der Waals surface area contributed by atoms with Crippen molar-refractivity contribution in [3.63, 3.8) is 0 Å². The summed E-state index contributed by atoms with van der Waals surface area (Å²) < 4.78 is 0. The third-order valence-corrected chi connectivity index (χ3v) is 1.44. The summed E-state index contributed by atoms with van der Waals surface area (Å²) in [5.74, 6) is 1.05. The number of hydrogen-bond donors (Lipinski definition) is 0. The zero-order chi connectivity index (χ0) is 8.53. The fourth-order valence-corrected chi connectivity index (χ4v) is 0.908. The maximum Gasteiger partial charge on any atom is 0 e. The van der Waals surface area contributed by atoms with E-state index < -0.39 is 0 Å². The smallest absolute Gasteiger partial charge is 0 e. The summed E-state index contributed by atoms with van der Waals surface area (Å²) in [6.07, 6.45) is 3.49. The third-order valence-electron chi connectivity index (χ3n) is 1.44. The molecule has 1 radical (unpaired) electrons. The maximum absolute atomic E-state index is 4.30. The van der Waals surface area contributed by atoms with Crippen molar-refractivity contribution in [1.82, 2.24) is 0 Å². The van der Waals surface area contributed by atoms with E-state index in [1.807, 2.05) is 0 Å². The van der Waals surface area contributed by atoms with Gasteiger partial charge in [-0.25, -0.2) is 0 Å². The molecule has 0 aliphatic heterocycles. The van der Waals surface area contributed by atoms with Gasteiger partial charge >= 0.3 is 0 Å². The molecule has 0 bridgehead atoms. The van der Waals surface area contributed by atoms with Crippen LogP contribution in [-0.4, -0.2) is 18.9 Å². The van der Waals surface area contributed by atoms with Crippen molar-refractivity contribution < 1.29 is 25.8 Å². The molecule has 0 saturated heterocycles. The Labute approximate surface area is 95.0 Å². The van der Waals surface area contributed by atoms with Gasteiger partial charge in [-0.3, -0.25) is 0 Å². The quantitative estimate of drug-likeness (QED) is 0.482. The molecule has 3 heteroatoms. The average Bonchev–Trinajstić information content (AvgIpc) is 2.01. The Balaban J connectivity index is 0. The van der Waals surface area contributed by atoms with Crippen LogP contribution in [0.5, 0.6) is 0 Å². The fraction of sp³-hybridized carbons (Fsp3) is 0.889. The first-order valence-electron chi connectivity index (χ1n) is 4.55. The molecule has 0 spiro atoms. The molecule has 0 heterocycles. The van der Waals surface area contributed by atoms with Gasteiger partial charge in [0.05, 0.1) is 0 Å². The first-order chi connectivity index (χ1) is 5.35. The van der Waals surface area contributed by atoms with E-state index in [0.29, 0.717) is 0 Å². The van der Waals surface area contributed by atoms with Gasteiger partial charge in [-0.05, 0) is 6.42 Å². The van der Waals surface area contributed by atoms with Crippen molar-refractivity contribution >= 4 is 5.84 Å². The van der Waals surface area contributed by atoms with Crippen LogP contribution in [0.2, 0.25) is 0 Å². The fourth-order valence-electron chi connectivity index (χ4n) is 0.908. The van der Waals surface area contributed by atoms with Gasteiger partial charge in [0.2, 0.25) is 0 Å². The standard InChI is InChI=1S/C9H19N2.Sc/c1-4-7-8-9(10-5-2)11-6-3;/h4-8H2,1-3H3;/q-1;. The van der Waals surface area contributed by atoms with Gasteiger partial charge < -0.3 is 10.3 Å². The Morgan fingerprint density at radius 1 is 1.25 bits per heavy atom. The molecule has 0 amide bonds. The van der Waals surface area contributed by atoms with Crippen LogP contribution in [0.25, 0.3) is 5.32 Å². The van der Waals surface area contributed by atoms with Gasteiger partial charge in [0.15, 0.2) is 0 Å². The predicted molar refractivity (Wildman–Crippen MR) is 51.4 cm³/mol. The second-order valence-electron chi connectivity index (χ2n) is 2.47. The largest absolute Gasteiger partial charge is 0.470 e. The number of unbranched alkanes of at least 4 members (excludes halogenated alkanes) is 1. The summed E-state index contributed by atoms with van der Waals surface area (Å²) in [5.41, 5.74) is 0. The van der Waals surface area contributed by atoms with E-state index in [4.69, 9.17) is 0 Å². The topological polar surface area (TPSA) is 26.5 Å². The third kappa shape index (κ3) is 8.44. The van der Waals surface area contributed by atoms with Crippen molar-refractivity contribution in [1.29, 1.82) is 0 Å². The van der Waals surface area contributed by atoms with Gasteiger partial charge in [0.1, 0.15) is 0 Å². The van der Waals surface area contributed by atoms with Crippen molar-refractivity contribution in [2.75, 3.05) is 13.1 Å². The molecule has 0 aliphatic carbocycles. The van der Waals surface area contributed by atoms with Crippen molar-refractivity contribution in [2.24, 2.45) is 4.99 Å². The first kappa shape index (κ1) is 14.8. The molecular weight excluding hydrogens is 181 g/mol. The van der Waals surface area contributed by atoms with Crippen LogP contribution in [0.4, 0.5) is 0 Å². The molecule has 0 aromatic heterocycles. The molecule has 0 aliphatic rings. The molecule has 0 N–H and O–H groups in total. The van der Waals surface area contributed by atoms with E-state index in [1.54, 1.807) is 0 Å². The van der Waals surface area contributed by atoms with E-state index in [2.05, 4.69) is 31.1 Å². The van der Waals surface area contributed by atoms with Crippen LogP contribution < -0.4 is 0 Å². The minimum absolute atomic E-state index is 0. The summed E-state index contributed by atoms with van der Waals surface area (Å²) in [4.78, 5) is 4.30. The number of nitrogens with zero attached hydrogens (tertiary/aromatic N) is 2. The normalized spacial score (nSPS) is 10.8. The molecule has 0 fully saturated rings. The van der Waals surface area contributed by atoms with Crippen LogP contribution in [0.3, 0.4) is 0 Å². The van der Waals surface area contributed by atoms with Gasteiger partial charge in [-0.15, -0.1) is 0 Å². The summed E-state index contributed by atoms with van der Waals surface area (Å²) in [5, 5.41) is 4.30. The Kier molecular flexibility index (Phi) is 14.0. The van der Waals surface area contributed by atoms with Crippen molar-refractivity contribution in [2.45, 2.75) is 40.0 Å². The molecule has 0 atom stereocenters. The molecule has 0 aromatic rings. The van der Waals surface area contributed by atoms with Crippen molar-refractivity contribution in [3.05, 3.63) is 5.32 Å². The number of aliphatic imine (C=N–C) groups is 1. The summed E-state index contributed by atoms with van der Waals surface area (Å²) >= 11 is 0. The van der Waals surface area contributed by atoms with Crippen LogP contribution in [0.15, 0.2) is 4.99 Å². The van der Waals surface area contributed by atoms with E-state index in [1.165, 1.54) is 12.8 Å². The van der Waals surface area contributed by atoms with E-state index in [9.17, 15) is 0 Å². The zero-order valence-electron chi connectivity index (χ0n) is 8.51. The van der Waals surface area contributed by atoms with Crippen LogP contribution in [-0.2, 0) is 25.8 Å². The second-order valence-corrected chi connectivity index (χ2v) is 2.47. The molecular formula is C9H19N2Sc-.